The van der Waals surface area contributed by atoms with Gasteiger partial charge in [0.2, 0.25) is 0 Å². The molecule has 0 aliphatic carbocycles. The molecule has 41 heavy (non-hydrogen) atoms. The fraction of sp³-hybridized carbons (Fsp3) is 0.290. The highest BCUT2D eigenvalue weighted by atomic mass is 35.5. The predicted molar refractivity (Wildman–Crippen MR) is 157 cm³/mol. The first-order chi connectivity index (χ1) is 19.9. The Bertz CT molecular complexity index is 1430. The molecule has 0 bridgehead atoms. The van der Waals surface area contributed by atoms with E-state index in [-0.39, 0.29) is 35.9 Å². The Kier molecular flexibility index (Phi) is 9.59. The fourth-order valence-electron chi connectivity index (χ4n) is 4.81. The third kappa shape index (κ3) is 7.28. The molecular formula is C31H32Cl2N4O4. The molecule has 1 aliphatic heterocycles. The number of urea groups is 1. The number of ether oxygens (including phenoxy) is 2. The van der Waals surface area contributed by atoms with Gasteiger partial charge in [-0.05, 0) is 22.3 Å². The Morgan fingerprint density at radius 3 is 2.10 bits per heavy atom. The van der Waals surface area contributed by atoms with Crippen LogP contribution in [-0.4, -0.2) is 26.8 Å². The number of hydrogen-bond donors (Lipinski definition) is 3. The number of nitrogens with one attached hydrogen (secondary N) is 2. The average Bonchev–Trinajstić information content (AvgIpc) is 3.33. The van der Waals surface area contributed by atoms with E-state index in [0.717, 1.165) is 27.8 Å². The van der Waals surface area contributed by atoms with E-state index in [9.17, 15) is 9.90 Å². The van der Waals surface area contributed by atoms with Crippen LogP contribution in [0.4, 0.5) is 4.79 Å². The lowest BCUT2D eigenvalue weighted by atomic mass is 9.90. The summed E-state index contributed by atoms with van der Waals surface area (Å²) in [5.41, 5.74) is 4.66. The van der Waals surface area contributed by atoms with Gasteiger partial charge in [0.15, 0.2) is 11.4 Å². The van der Waals surface area contributed by atoms with Crippen molar-refractivity contribution in [2.24, 2.45) is 5.92 Å². The number of carbonyl (C=O) groups is 1. The maximum Gasteiger partial charge on any atom is 0.315 e. The van der Waals surface area contributed by atoms with Crippen molar-refractivity contribution in [3.63, 3.8) is 0 Å². The summed E-state index contributed by atoms with van der Waals surface area (Å²) in [6.45, 7) is 3.35. The second-order valence-electron chi connectivity index (χ2n) is 10.1. The quantitative estimate of drug-likeness (QED) is 0.215. The maximum atomic E-state index is 12.3. The van der Waals surface area contributed by atoms with Gasteiger partial charge in [-0.3, -0.25) is 0 Å². The van der Waals surface area contributed by atoms with E-state index in [4.69, 9.17) is 32.7 Å². The number of amides is 2. The number of rotatable bonds is 9. The summed E-state index contributed by atoms with van der Waals surface area (Å²) in [7, 11) is 0. The summed E-state index contributed by atoms with van der Waals surface area (Å²) in [6, 6.07) is 25.1. The topological polar surface area (TPSA) is 97.6 Å². The summed E-state index contributed by atoms with van der Waals surface area (Å²) in [6.07, 6.45) is 0.453. The van der Waals surface area contributed by atoms with E-state index in [1.165, 1.54) is 0 Å². The second kappa shape index (κ2) is 13.5. The van der Waals surface area contributed by atoms with Crippen molar-refractivity contribution in [1.82, 2.24) is 20.2 Å². The number of carbonyl (C=O) groups excluding carboxylic acids is 1. The van der Waals surface area contributed by atoms with Gasteiger partial charge < -0.3 is 29.8 Å². The normalized spacial score (nSPS) is 20.5. The van der Waals surface area contributed by atoms with Crippen LogP contribution in [0.15, 0.2) is 85.2 Å². The number of benzene rings is 3. The monoisotopic (exact) mass is 594 g/mol. The number of hydrogen-bond acceptors (Lipinski definition) is 5. The van der Waals surface area contributed by atoms with Gasteiger partial charge in [-0.25, -0.2) is 9.78 Å². The van der Waals surface area contributed by atoms with Crippen molar-refractivity contribution in [3.05, 3.63) is 123 Å². The van der Waals surface area contributed by atoms with Gasteiger partial charge in [0.05, 0.1) is 31.7 Å². The summed E-state index contributed by atoms with van der Waals surface area (Å²) in [5.74, 6) is -0.0265. The summed E-state index contributed by atoms with van der Waals surface area (Å²) < 4.78 is 14.8. The van der Waals surface area contributed by atoms with Gasteiger partial charge >= 0.3 is 6.03 Å². The molecule has 1 aromatic heterocycles. The van der Waals surface area contributed by atoms with Gasteiger partial charge in [0, 0.05) is 24.6 Å². The molecule has 5 rings (SSSR count). The first-order valence-corrected chi connectivity index (χ1v) is 14.2. The zero-order valence-corrected chi connectivity index (χ0v) is 24.1. The van der Waals surface area contributed by atoms with Gasteiger partial charge in [-0.15, -0.1) is 0 Å². The zero-order valence-electron chi connectivity index (χ0n) is 22.5. The van der Waals surface area contributed by atoms with E-state index >= 15 is 0 Å². The maximum absolute atomic E-state index is 12.3. The van der Waals surface area contributed by atoms with Crippen molar-refractivity contribution in [3.8, 4) is 0 Å². The Balaban J connectivity index is 1.27. The Labute approximate surface area is 249 Å². The van der Waals surface area contributed by atoms with E-state index in [0.29, 0.717) is 24.8 Å². The second-order valence-corrected chi connectivity index (χ2v) is 10.8. The van der Waals surface area contributed by atoms with Crippen molar-refractivity contribution in [2.45, 2.75) is 51.7 Å². The smallest absolute Gasteiger partial charge is 0.315 e. The lowest BCUT2D eigenvalue weighted by Gasteiger charge is -2.41. The lowest BCUT2D eigenvalue weighted by Crippen LogP contribution is -2.39. The molecule has 8 nitrogen and oxygen atoms in total. The highest BCUT2D eigenvalue weighted by molar-refractivity contribution is 6.40. The minimum absolute atomic E-state index is 0.0223. The highest BCUT2D eigenvalue weighted by Gasteiger charge is 2.38. The number of imidazole rings is 1. The Morgan fingerprint density at radius 1 is 0.878 bits per heavy atom. The number of aliphatic hydroxyl groups is 1. The van der Waals surface area contributed by atoms with E-state index < -0.39 is 6.29 Å². The van der Waals surface area contributed by atoms with Gasteiger partial charge in [-0.2, -0.15) is 0 Å². The van der Waals surface area contributed by atoms with Crippen molar-refractivity contribution < 1.29 is 19.4 Å². The third-order valence-electron chi connectivity index (χ3n) is 7.23. The van der Waals surface area contributed by atoms with Crippen LogP contribution in [0, 0.1) is 5.92 Å². The Hall–Kier alpha value is -3.40. The minimum atomic E-state index is -0.632. The third-order valence-corrected chi connectivity index (χ3v) is 8.00. The van der Waals surface area contributed by atoms with E-state index in [2.05, 4.69) is 22.5 Å². The molecule has 0 radical (unpaired) electrons. The molecule has 0 saturated carbocycles. The van der Waals surface area contributed by atoms with E-state index in [1.807, 2.05) is 78.9 Å². The van der Waals surface area contributed by atoms with E-state index in [1.54, 1.807) is 10.9 Å². The van der Waals surface area contributed by atoms with Crippen LogP contribution >= 0.6 is 23.2 Å². The molecule has 4 atom stereocenters. The molecule has 1 aliphatic rings. The van der Waals surface area contributed by atoms with Crippen molar-refractivity contribution in [2.75, 3.05) is 0 Å². The SMILES string of the molecule is C[C@H]1[C@@H](Cn2cnc(Cl)c2Cl)O[C@@H](c2ccc(CNC(=O)NCc3ccccc3)cc2)O[C@H]1c1ccc(CO)cc1. The lowest BCUT2D eigenvalue weighted by molar-refractivity contribution is -0.276. The van der Waals surface area contributed by atoms with Crippen LogP contribution in [0.2, 0.25) is 10.3 Å². The van der Waals surface area contributed by atoms with Crippen LogP contribution in [0.1, 0.15) is 47.1 Å². The molecule has 10 heteroatoms. The summed E-state index contributed by atoms with van der Waals surface area (Å²) in [5, 5.41) is 15.8. The predicted octanol–water partition coefficient (Wildman–Crippen LogP) is 6.17. The first-order valence-electron chi connectivity index (χ1n) is 13.4. The van der Waals surface area contributed by atoms with Crippen LogP contribution in [0.3, 0.4) is 0 Å². The van der Waals surface area contributed by atoms with Crippen LogP contribution in [-0.2, 0) is 35.7 Å². The molecule has 2 heterocycles. The molecule has 3 N–H and O–H groups in total. The van der Waals surface area contributed by atoms with Crippen LogP contribution in [0.25, 0.3) is 0 Å². The zero-order chi connectivity index (χ0) is 28.8. The van der Waals surface area contributed by atoms with Gasteiger partial charge in [-0.1, -0.05) is 109 Å². The molecule has 1 fully saturated rings. The molecular weight excluding hydrogens is 563 g/mol. The first kappa shape index (κ1) is 29.1. The van der Waals surface area contributed by atoms with Crippen LogP contribution in [0.5, 0.6) is 0 Å². The molecule has 214 valence electrons. The number of nitrogens with zero attached hydrogens (tertiary/aromatic N) is 2. The average molecular weight is 596 g/mol. The standard InChI is InChI=1S/C31H32Cl2N4O4/c1-20-26(17-37-19-36-28(32)29(37)33)40-30(41-27(20)24-11-9-23(18-38)10-12-24)25-13-7-22(8-14-25)16-35-31(39)34-15-21-5-3-2-4-6-21/h2-14,19-20,26-27,30,38H,15-18H2,1H3,(H2,34,35,39)/t20-,26+,27+,30+/m0/s1. The van der Waals surface area contributed by atoms with Crippen molar-refractivity contribution in [1.29, 1.82) is 0 Å². The fourth-order valence-corrected chi connectivity index (χ4v) is 5.12. The molecule has 0 spiro atoms. The summed E-state index contributed by atoms with van der Waals surface area (Å²) >= 11 is 12.4. The number of aromatic nitrogens is 2. The molecule has 3 aromatic carbocycles. The molecule has 0 unspecified atom stereocenters. The highest BCUT2D eigenvalue weighted by Crippen LogP contribution is 2.42. The minimum Gasteiger partial charge on any atom is -0.392 e. The number of aliphatic hydroxyl groups excluding tert-OH is 1. The van der Waals surface area contributed by atoms with Gasteiger partial charge in [0.1, 0.15) is 5.15 Å². The number of halogens is 2. The van der Waals surface area contributed by atoms with Crippen LogP contribution < -0.4 is 10.6 Å². The van der Waals surface area contributed by atoms with Crippen molar-refractivity contribution >= 4 is 29.2 Å². The Morgan fingerprint density at radius 2 is 1.49 bits per heavy atom. The van der Waals surface area contributed by atoms with Gasteiger partial charge in [0.25, 0.3) is 0 Å². The molecule has 1 saturated heterocycles. The molecule has 2 amide bonds. The largest absolute Gasteiger partial charge is 0.392 e. The summed E-state index contributed by atoms with van der Waals surface area (Å²) in [4.78, 5) is 16.4. The molecule has 4 aromatic rings.